The first-order chi connectivity index (χ1) is 20.0. The van der Waals surface area contributed by atoms with Gasteiger partial charge >= 0.3 is 12.1 Å². The zero-order valence-electron chi connectivity index (χ0n) is 23.2. The van der Waals surface area contributed by atoms with Crippen molar-refractivity contribution >= 4 is 28.5 Å². The molecule has 42 heavy (non-hydrogen) atoms. The van der Waals surface area contributed by atoms with Gasteiger partial charge in [-0.1, -0.05) is 48.9 Å². The molecule has 2 heterocycles. The van der Waals surface area contributed by atoms with Gasteiger partial charge in [-0.2, -0.15) is 13.2 Å². The maximum absolute atomic E-state index is 14.0. The fourth-order valence-corrected chi connectivity index (χ4v) is 5.31. The van der Waals surface area contributed by atoms with Crippen LogP contribution in [0.3, 0.4) is 0 Å². The number of aromatic nitrogens is 2. The van der Waals surface area contributed by atoms with Crippen molar-refractivity contribution in [3.63, 3.8) is 0 Å². The molecular formula is C31H31ClF3N3O4. The maximum Gasteiger partial charge on any atom is 0.490 e. The number of rotatable bonds is 6. The summed E-state index contributed by atoms with van der Waals surface area (Å²) in [6.07, 6.45) is -2.83. The van der Waals surface area contributed by atoms with Gasteiger partial charge < -0.3 is 14.7 Å². The first-order valence-electron chi connectivity index (χ1n) is 13.5. The summed E-state index contributed by atoms with van der Waals surface area (Å²) in [7, 11) is 1.65. The van der Waals surface area contributed by atoms with Crippen LogP contribution in [0, 0.1) is 5.92 Å². The first-order valence-corrected chi connectivity index (χ1v) is 13.9. The second-order valence-electron chi connectivity index (χ2n) is 10.00. The number of aliphatic carboxylic acids is 1. The van der Waals surface area contributed by atoms with Crippen molar-refractivity contribution < 1.29 is 27.8 Å². The Morgan fingerprint density at radius 3 is 2.48 bits per heavy atom. The lowest BCUT2D eigenvalue weighted by Crippen LogP contribution is -2.38. The van der Waals surface area contributed by atoms with Crippen LogP contribution in [0.15, 0.2) is 71.5 Å². The number of piperidine rings is 1. The Balaban J connectivity index is 0.000000517. The molecular weight excluding hydrogens is 571 g/mol. The number of para-hydroxylation sites is 1. The van der Waals surface area contributed by atoms with E-state index in [-0.39, 0.29) is 5.56 Å². The molecule has 0 saturated carbocycles. The lowest BCUT2D eigenvalue weighted by molar-refractivity contribution is -0.192. The van der Waals surface area contributed by atoms with Gasteiger partial charge in [-0.15, -0.1) is 0 Å². The summed E-state index contributed by atoms with van der Waals surface area (Å²) >= 11 is 6.22. The third-order valence-corrected chi connectivity index (χ3v) is 7.43. The number of ether oxygens (including phenoxy) is 1. The number of methoxy groups -OCH3 is 1. The van der Waals surface area contributed by atoms with Gasteiger partial charge in [0.1, 0.15) is 11.6 Å². The van der Waals surface area contributed by atoms with E-state index in [1.165, 1.54) is 0 Å². The van der Waals surface area contributed by atoms with Gasteiger partial charge in [-0.25, -0.2) is 9.78 Å². The van der Waals surface area contributed by atoms with E-state index in [1.807, 2.05) is 71.3 Å². The summed E-state index contributed by atoms with van der Waals surface area (Å²) in [6.45, 7) is 5.98. The molecule has 0 amide bonds. The topological polar surface area (TPSA) is 84.7 Å². The Morgan fingerprint density at radius 1 is 1.10 bits per heavy atom. The molecule has 11 heteroatoms. The Labute approximate surface area is 246 Å². The number of nitrogens with zero attached hydrogens (tertiary/aromatic N) is 3. The molecule has 1 aliphatic rings. The zero-order chi connectivity index (χ0) is 30.4. The van der Waals surface area contributed by atoms with Crippen LogP contribution in [0.4, 0.5) is 13.2 Å². The smallest absolute Gasteiger partial charge is 0.490 e. The number of benzene rings is 3. The van der Waals surface area contributed by atoms with Crippen LogP contribution in [-0.4, -0.2) is 58.4 Å². The third kappa shape index (κ3) is 7.30. The number of carboxylic acid groups (broad SMARTS) is 1. The highest BCUT2D eigenvalue weighted by atomic mass is 35.5. The normalized spacial score (nSPS) is 15.6. The number of hydrogen-bond donors (Lipinski definition) is 1. The van der Waals surface area contributed by atoms with Crippen molar-refractivity contribution in [2.75, 3.05) is 26.7 Å². The van der Waals surface area contributed by atoms with Crippen LogP contribution in [0.1, 0.15) is 19.8 Å². The highest BCUT2D eigenvalue weighted by Gasteiger charge is 2.38. The molecule has 0 aliphatic carbocycles. The molecule has 5 rings (SSSR count). The predicted octanol–water partition coefficient (Wildman–Crippen LogP) is 6.76. The fraction of sp³-hybridized carbons (Fsp3) is 0.323. The minimum absolute atomic E-state index is 0.0200. The second kappa shape index (κ2) is 13.4. The second-order valence-corrected chi connectivity index (χ2v) is 10.4. The van der Waals surface area contributed by atoms with E-state index in [1.54, 1.807) is 7.11 Å². The van der Waals surface area contributed by atoms with Crippen LogP contribution in [0.2, 0.25) is 5.02 Å². The molecule has 1 fully saturated rings. The summed E-state index contributed by atoms with van der Waals surface area (Å²) in [5.74, 6) is -0.997. The summed E-state index contributed by atoms with van der Waals surface area (Å²) < 4.78 is 39.2. The molecule has 1 unspecified atom stereocenters. The summed E-state index contributed by atoms with van der Waals surface area (Å²) in [5.41, 5.74) is 3.41. The molecule has 1 aliphatic heterocycles. The number of hydrogen-bond acceptors (Lipinski definition) is 5. The van der Waals surface area contributed by atoms with Gasteiger partial charge in [0, 0.05) is 18.1 Å². The number of halogens is 4. The van der Waals surface area contributed by atoms with E-state index in [0.29, 0.717) is 40.0 Å². The zero-order valence-corrected chi connectivity index (χ0v) is 24.0. The van der Waals surface area contributed by atoms with Crippen molar-refractivity contribution in [1.82, 2.24) is 14.5 Å². The van der Waals surface area contributed by atoms with Crippen LogP contribution in [-0.2, 0) is 11.3 Å². The van der Waals surface area contributed by atoms with Crippen molar-refractivity contribution in [3.8, 4) is 28.3 Å². The Kier molecular flexibility index (Phi) is 9.90. The largest absolute Gasteiger partial charge is 0.496 e. The monoisotopic (exact) mass is 601 g/mol. The van der Waals surface area contributed by atoms with Crippen LogP contribution in [0.5, 0.6) is 5.75 Å². The molecule has 1 saturated heterocycles. The van der Waals surface area contributed by atoms with Gasteiger partial charge in [-0.3, -0.25) is 9.36 Å². The number of carboxylic acids is 1. The first kappa shape index (κ1) is 31.1. The quantitative estimate of drug-likeness (QED) is 0.263. The maximum atomic E-state index is 14.0. The lowest BCUT2D eigenvalue weighted by Gasteiger charge is -2.32. The number of fused-ring (bicyclic) bond motifs is 1. The van der Waals surface area contributed by atoms with Gasteiger partial charge in [0.25, 0.3) is 5.56 Å². The van der Waals surface area contributed by atoms with E-state index >= 15 is 0 Å². The third-order valence-electron chi connectivity index (χ3n) is 7.19. The molecule has 1 aromatic heterocycles. The van der Waals surface area contributed by atoms with Gasteiger partial charge in [0.15, 0.2) is 0 Å². The molecule has 3 aromatic carbocycles. The predicted molar refractivity (Wildman–Crippen MR) is 157 cm³/mol. The standard InChI is InChI=1S/C29H30ClN3O2.C2HF3O2/c1-3-32-15-7-8-20(18-32)19-33-28(24-11-4-5-12-27(24)35-2)31-26-14-13-22(17-25(26)29(33)34)21-9-6-10-23(30)16-21;3-2(4,5)1(6)7/h4-6,9-14,16-17,20H,3,7-8,15,18-19H2,1-2H3;(H,6,7). The molecule has 1 atom stereocenters. The van der Waals surface area contributed by atoms with Gasteiger partial charge in [0.2, 0.25) is 0 Å². The highest BCUT2D eigenvalue weighted by molar-refractivity contribution is 6.30. The number of alkyl halides is 3. The van der Waals surface area contributed by atoms with Gasteiger partial charge in [0.05, 0.1) is 23.6 Å². The summed E-state index contributed by atoms with van der Waals surface area (Å²) in [5, 5.41) is 8.41. The Hall–Kier alpha value is -3.89. The van der Waals surface area contributed by atoms with E-state index < -0.39 is 12.1 Å². The minimum atomic E-state index is -5.08. The molecule has 0 radical (unpaired) electrons. The number of carbonyl (C=O) groups is 1. The highest BCUT2D eigenvalue weighted by Crippen LogP contribution is 2.31. The molecule has 222 valence electrons. The Morgan fingerprint density at radius 2 is 1.81 bits per heavy atom. The van der Waals surface area contributed by atoms with E-state index in [0.717, 1.165) is 49.2 Å². The molecule has 7 nitrogen and oxygen atoms in total. The number of likely N-dealkylation sites (tertiary alicyclic amines) is 1. The summed E-state index contributed by atoms with van der Waals surface area (Å²) in [6, 6.07) is 21.3. The molecule has 0 spiro atoms. The van der Waals surface area contributed by atoms with E-state index in [9.17, 15) is 18.0 Å². The molecule has 0 bridgehead atoms. The minimum Gasteiger partial charge on any atom is -0.496 e. The van der Waals surface area contributed by atoms with E-state index in [4.69, 9.17) is 31.2 Å². The average molecular weight is 602 g/mol. The molecule has 4 aromatic rings. The SMILES string of the molecule is CCN1CCCC(Cn2c(-c3ccccc3OC)nc3ccc(-c4cccc(Cl)c4)cc3c2=O)C1.O=C(O)C(F)(F)F. The van der Waals surface area contributed by atoms with Gasteiger partial charge in [-0.05, 0) is 79.4 Å². The van der Waals surface area contributed by atoms with Crippen molar-refractivity contribution in [2.45, 2.75) is 32.5 Å². The van der Waals surface area contributed by atoms with Crippen molar-refractivity contribution in [1.29, 1.82) is 0 Å². The lowest BCUT2D eigenvalue weighted by atomic mass is 9.97. The van der Waals surface area contributed by atoms with E-state index in [2.05, 4.69) is 11.8 Å². The van der Waals surface area contributed by atoms with Crippen LogP contribution < -0.4 is 10.3 Å². The van der Waals surface area contributed by atoms with Crippen molar-refractivity contribution in [3.05, 3.63) is 82.1 Å². The van der Waals surface area contributed by atoms with Crippen LogP contribution >= 0.6 is 11.6 Å². The van der Waals surface area contributed by atoms with Crippen LogP contribution in [0.25, 0.3) is 33.4 Å². The Bertz CT molecular complexity index is 1620. The molecule has 1 N–H and O–H groups in total. The fourth-order valence-electron chi connectivity index (χ4n) is 5.12. The average Bonchev–Trinajstić information content (AvgIpc) is 2.98. The summed E-state index contributed by atoms with van der Waals surface area (Å²) in [4.78, 5) is 30.4. The van der Waals surface area contributed by atoms with Crippen molar-refractivity contribution in [2.24, 2.45) is 5.92 Å².